The van der Waals surface area contributed by atoms with Gasteiger partial charge in [-0.3, -0.25) is 9.59 Å². The fourth-order valence-corrected chi connectivity index (χ4v) is 5.78. The van der Waals surface area contributed by atoms with Gasteiger partial charge < -0.3 is 10.2 Å². The zero-order valence-corrected chi connectivity index (χ0v) is 23.0. The van der Waals surface area contributed by atoms with Crippen LogP contribution in [0, 0.1) is 0 Å². The first-order chi connectivity index (χ1) is 17.1. The third-order valence-corrected chi connectivity index (χ3v) is 8.80. The Kier molecular flexibility index (Phi) is 10.2. The lowest BCUT2D eigenvalue weighted by molar-refractivity contribution is -0.141. The van der Waals surface area contributed by atoms with E-state index in [1.807, 2.05) is 6.92 Å². The minimum Gasteiger partial charge on any atom is -0.352 e. The highest BCUT2D eigenvalue weighted by Gasteiger charge is 2.32. The number of carbonyl (C=O) groups is 2. The Balaban J connectivity index is 1.82. The van der Waals surface area contributed by atoms with E-state index in [-0.39, 0.29) is 23.4 Å². The number of hydrogen-bond acceptors (Lipinski definition) is 4. The third kappa shape index (κ3) is 7.44. The van der Waals surface area contributed by atoms with Crippen molar-refractivity contribution in [2.75, 3.05) is 13.6 Å². The van der Waals surface area contributed by atoms with Gasteiger partial charge in [0.15, 0.2) is 0 Å². The fourth-order valence-electron chi connectivity index (χ4n) is 4.40. The molecule has 0 saturated heterocycles. The average Bonchev–Trinajstić information content (AvgIpc) is 2.86. The molecule has 3 rings (SSSR count). The quantitative estimate of drug-likeness (QED) is 0.454. The molecular formula is C26H33Cl2N3O4S. The second kappa shape index (κ2) is 12.9. The van der Waals surface area contributed by atoms with E-state index >= 15 is 0 Å². The van der Waals surface area contributed by atoms with Crippen molar-refractivity contribution < 1.29 is 18.0 Å². The summed E-state index contributed by atoms with van der Waals surface area (Å²) in [7, 11) is -2.58. The van der Waals surface area contributed by atoms with Crippen LogP contribution in [0.2, 0.25) is 10.0 Å². The van der Waals surface area contributed by atoms with Crippen molar-refractivity contribution in [3.63, 3.8) is 0 Å². The van der Waals surface area contributed by atoms with Crippen LogP contribution in [0.25, 0.3) is 0 Å². The van der Waals surface area contributed by atoms with Crippen LogP contribution in [0.1, 0.15) is 51.0 Å². The molecule has 1 fully saturated rings. The van der Waals surface area contributed by atoms with Crippen LogP contribution >= 0.6 is 23.2 Å². The van der Waals surface area contributed by atoms with Crippen LogP contribution in [0.5, 0.6) is 0 Å². The zero-order chi connectivity index (χ0) is 26.3. The Morgan fingerprint density at radius 2 is 1.53 bits per heavy atom. The SMILES string of the molecule is CCC(C(=O)NC1CCCCC1)N(Cc1ccc(Cl)cc1)C(=O)CN(C)S(=O)(=O)c1ccc(Cl)cc1. The van der Waals surface area contributed by atoms with Gasteiger partial charge in [0.25, 0.3) is 0 Å². The van der Waals surface area contributed by atoms with E-state index < -0.39 is 28.5 Å². The molecule has 10 heteroatoms. The number of amides is 2. The Morgan fingerprint density at radius 3 is 2.08 bits per heavy atom. The first-order valence-corrected chi connectivity index (χ1v) is 14.4. The van der Waals surface area contributed by atoms with Crippen molar-refractivity contribution in [2.24, 2.45) is 0 Å². The molecule has 1 aliphatic rings. The molecule has 1 atom stereocenters. The number of rotatable bonds is 10. The van der Waals surface area contributed by atoms with Crippen molar-refractivity contribution in [3.05, 3.63) is 64.1 Å². The van der Waals surface area contributed by atoms with Crippen molar-refractivity contribution in [3.8, 4) is 0 Å². The highest BCUT2D eigenvalue weighted by molar-refractivity contribution is 7.89. The summed E-state index contributed by atoms with van der Waals surface area (Å²) in [5.41, 5.74) is 0.792. The van der Waals surface area contributed by atoms with E-state index in [1.54, 1.807) is 24.3 Å². The lowest BCUT2D eigenvalue weighted by Crippen LogP contribution is -2.53. The van der Waals surface area contributed by atoms with Gasteiger partial charge in [0.2, 0.25) is 21.8 Å². The Hall–Kier alpha value is -2.13. The minimum absolute atomic E-state index is 0.0357. The molecule has 2 aromatic carbocycles. The standard InChI is InChI=1S/C26H33Cl2N3O4S/c1-3-24(26(33)29-22-7-5-4-6-8-22)31(17-19-9-11-20(27)12-10-19)25(32)18-30(2)36(34,35)23-15-13-21(28)14-16-23/h9-16,22,24H,3-8,17-18H2,1-2H3,(H,29,33). The molecule has 1 unspecified atom stereocenters. The molecule has 1 saturated carbocycles. The van der Waals surface area contributed by atoms with Gasteiger partial charge in [0.1, 0.15) is 6.04 Å². The number of benzene rings is 2. The number of carbonyl (C=O) groups excluding carboxylic acids is 2. The molecule has 2 amide bonds. The normalized spacial score (nSPS) is 15.5. The molecule has 0 radical (unpaired) electrons. The summed E-state index contributed by atoms with van der Waals surface area (Å²) < 4.78 is 27.1. The van der Waals surface area contributed by atoms with Gasteiger partial charge in [0.05, 0.1) is 11.4 Å². The molecule has 0 aliphatic heterocycles. The predicted molar refractivity (Wildman–Crippen MR) is 142 cm³/mol. The summed E-state index contributed by atoms with van der Waals surface area (Å²) in [5.74, 6) is -0.675. The van der Waals surface area contributed by atoms with E-state index in [2.05, 4.69) is 5.32 Å². The molecule has 1 aliphatic carbocycles. The Morgan fingerprint density at radius 1 is 0.972 bits per heavy atom. The molecule has 0 heterocycles. The highest BCUT2D eigenvalue weighted by atomic mass is 35.5. The van der Waals surface area contributed by atoms with Crippen LogP contribution in [-0.2, 0) is 26.2 Å². The topological polar surface area (TPSA) is 86.8 Å². The molecule has 0 aromatic heterocycles. The van der Waals surface area contributed by atoms with Crippen molar-refractivity contribution >= 4 is 45.0 Å². The van der Waals surface area contributed by atoms with Gasteiger partial charge in [-0.1, -0.05) is 61.5 Å². The summed E-state index contributed by atoms with van der Waals surface area (Å²) >= 11 is 11.9. The zero-order valence-electron chi connectivity index (χ0n) is 20.6. The van der Waals surface area contributed by atoms with Crippen molar-refractivity contribution in [1.29, 1.82) is 0 Å². The van der Waals surface area contributed by atoms with E-state index in [0.717, 1.165) is 35.6 Å². The van der Waals surface area contributed by atoms with E-state index in [4.69, 9.17) is 23.2 Å². The number of likely N-dealkylation sites (N-methyl/N-ethyl adjacent to an activating group) is 1. The van der Waals surface area contributed by atoms with Gasteiger partial charge in [-0.2, -0.15) is 4.31 Å². The van der Waals surface area contributed by atoms with Gasteiger partial charge in [0, 0.05) is 29.7 Å². The Bertz CT molecular complexity index is 1130. The first-order valence-electron chi connectivity index (χ1n) is 12.2. The Labute approximate surface area is 223 Å². The molecule has 196 valence electrons. The van der Waals surface area contributed by atoms with Crippen molar-refractivity contribution in [2.45, 2.75) is 69.0 Å². The van der Waals surface area contributed by atoms with Crippen LogP contribution in [0.15, 0.2) is 53.4 Å². The predicted octanol–water partition coefficient (Wildman–Crippen LogP) is 4.87. The summed E-state index contributed by atoms with van der Waals surface area (Å²) in [6, 6.07) is 12.2. The highest BCUT2D eigenvalue weighted by Crippen LogP contribution is 2.21. The molecule has 2 aromatic rings. The molecule has 1 N–H and O–H groups in total. The molecule has 7 nitrogen and oxygen atoms in total. The van der Waals surface area contributed by atoms with Gasteiger partial charge in [-0.25, -0.2) is 8.42 Å². The molecule has 0 spiro atoms. The number of nitrogens with zero attached hydrogens (tertiary/aromatic N) is 2. The second-order valence-corrected chi connectivity index (χ2v) is 12.0. The minimum atomic E-state index is -3.93. The maximum atomic E-state index is 13.5. The van der Waals surface area contributed by atoms with E-state index in [0.29, 0.717) is 16.5 Å². The van der Waals surface area contributed by atoms with Gasteiger partial charge in [-0.15, -0.1) is 0 Å². The lowest BCUT2D eigenvalue weighted by atomic mass is 9.95. The summed E-state index contributed by atoms with van der Waals surface area (Å²) in [6.45, 7) is 1.59. The maximum Gasteiger partial charge on any atom is 0.243 e. The van der Waals surface area contributed by atoms with E-state index in [9.17, 15) is 18.0 Å². The summed E-state index contributed by atoms with van der Waals surface area (Å²) in [6.07, 6.45) is 5.56. The smallest absolute Gasteiger partial charge is 0.243 e. The van der Waals surface area contributed by atoms with Crippen LogP contribution in [0.3, 0.4) is 0 Å². The van der Waals surface area contributed by atoms with Crippen LogP contribution < -0.4 is 5.32 Å². The largest absolute Gasteiger partial charge is 0.352 e. The summed E-state index contributed by atoms with van der Waals surface area (Å²) in [4.78, 5) is 28.3. The van der Waals surface area contributed by atoms with Gasteiger partial charge >= 0.3 is 0 Å². The molecular weight excluding hydrogens is 521 g/mol. The summed E-state index contributed by atoms with van der Waals surface area (Å²) in [5, 5.41) is 4.09. The van der Waals surface area contributed by atoms with Crippen LogP contribution in [0.4, 0.5) is 0 Å². The van der Waals surface area contributed by atoms with Crippen LogP contribution in [-0.4, -0.2) is 55.1 Å². The third-order valence-electron chi connectivity index (χ3n) is 6.48. The molecule has 0 bridgehead atoms. The first kappa shape index (κ1) is 28.4. The number of halogens is 2. The number of sulfonamides is 1. The number of hydrogen-bond donors (Lipinski definition) is 1. The van der Waals surface area contributed by atoms with Gasteiger partial charge in [-0.05, 0) is 61.2 Å². The average molecular weight is 555 g/mol. The fraction of sp³-hybridized carbons (Fsp3) is 0.462. The maximum absolute atomic E-state index is 13.5. The lowest BCUT2D eigenvalue weighted by Gasteiger charge is -2.33. The molecule has 36 heavy (non-hydrogen) atoms. The second-order valence-electron chi connectivity index (χ2n) is 9.13. The van der Waals surface area contributed by atoms with E-state index in [1.165, 1.54) is 42.6 Å². The monoisotopic (exact) mass is 553 g/mol. The number of nitrogens with one attached hydrogen (secondary N) is 1. The van der Waals surface area contributed by atoms with Crippen molar-refractivity contribution in [1.82, 2.24) is 14.5 Å².